The van der Waals surface area contributed by atoms with E-state index in [0.29, 0.717) is 63.5 Å². The highest BCUT2D eigenvalue weighted by Crippen LogP contribution is 2.33. The van der Waals surface area contributed by atoms with Crippen LogP contribution in [0.2, 0.25) is 0 Å². The van der Waals surface area contributed by atoms with Crippen molar-refractivity contribution in [3.63, 3.8) is 0 Å². The highest BCUT2D eigenvalue weighted by molar-refractivity contribution is 8.00. The number of ether oxygens (including phenoxy) is 3. The summed E-state index contributed by atoms with van der Waals surface area (Å²) >= 11 is 1.93. The second-order valence-corrected chi connectivity index (χ2v) is 10.1. The van der Waals surface area contributed by atoms with Crippen LogP contribution in [0.25, 0.3) is 0 Å². The number of unbranched alkanes of at least 4 members (excludes halogenated alkanes) is 2. The number of hydrogen-bond acceptors (Lipinski definition) is 8. The lowest BCUT2D eigenvalue weighted by Gasteiger charge is -2.16. The third kappa shape index (κ3) is 12.4. The minimum atomic E-state index is -0.0416. The van der Waals surface area contributed by atoms with E-state index in [1.165, 1.54) is 0 Å². The maximum atomic E-state index is 12.1. The Labute approximate surface area is 208 Å². The van der Waals surface area contributed by atoms with Crippen molar-refractivity contribution in [3.05, 3.63) is 11.8 Å². The van der Waals surface area contributed by atoms with Gasteiger partial charge >= 0.3 is 6.03 Å². The summed E-state index contributed by atoms with van der Waals surface area (Å²) in [5.41, 5.74) is 6.66. The van der Waals surface area contributed by atoms with Crippen LogP contribution in [0.5, 0.6) is 0 Å². The summed E-state index contributed by atoms with van der Waals surface area (Å²) in [6.07, 6.45) is 8.88. The molecule has 0 bridgehead atoms. The fourth-order valence-electron chi connectivity index (χ4n) is 4.10. The van der Waals surface area contributed by atoms with Crippen molar-refractivity contribution in [3.8, 4) is 0 Å². The van der Waals surface area contributed by atoms with Gasteiger partial charge < -0.3 is 35.9 Å². The van der Waals surface area contributed by atoms with E-state index < -0.39 is 0 Å². The normalized spacial score (nSPS) is 22.0. The van der Waals surface area contributed by atoms with E-state index in [2.05, 4.69) is 16.0 Å². The van der Waals surface area contributed by atoms with E-state index >= 15 is 0 Å². The number of nitrogens with one attached hydrogen (secondary N) is 3. The molecule has 2 aliphatic rings. The Kier molecular flexibility index (Phi) is 15.3. The molecule has 0 unspecified atom stereocenters. The minimum absolute atomic E-state index is 0.0416. The fourth-order valence-corrected chi connectivity index (χ4v) is 5.64. The molecule has 0 radical (unpaired) electrons. The molecule has 5 N–H and O–H groups in total. The van der Waals surface area contributed by atoms with Gasteiger partial charge in [0.05, 0.1) is 38.5 Å². The van der Waals surface area contributed by atoms with Gasteiger partial charge in [-0.15, -0.1) is 0 Å². The van der Waals surface area contributed by atoms with E-state index in [4.69, 9.17) is 19.9 Å². The Morgan fingerprint density at radius 3 is 2.44 bits per heavy atom. The highest BCUT2D eigenvalue weighted by Gasteiger charge is 2.42. The molecule has 0 aromatic rings. The number of amides is 2. The zero-order chi connectivity index (χ0) is 24.4. The topological polar surface area (TPSA) is 124 Å². The first-order chi connectivity index (χ1) is 16.6. The number of rotatable bonds is 21. The Hall–Kier alpha value is -1.33. The first-order valence-corrected chi connectivity index (χ1v) is 13.7. The molecule has 2 aliphatic heterocycles. The van der Waals surface area contributed by atoms with Crippen LogP contribution in [0.3, 0.4) is 0 Å². The van der Waals surface area contributed by atoms with Gasteiger partial charge in [-0.1, -0.05) is 12.5 Å². The lowest BCUT2D eigenvalue weighted by atomic mass is 10.0. The average Bonchev–Trinajstić information content (AvgIpc) is 3.36. The summed E-state index contributed by atoms with van der Waals surface area (Å²) in [4.78, 5) is 23.5. The van der Waals surface area contributed by atoms with Crippen LogP contribution in [0.4, 0.5) is 4.79 Å². The van der Waals surface area contributed by atoms with E-state index in [0.717, 1.165) is 56.5 Å². The molecule has 3 atom stereocenters. The fraction of sp³-hybridized carbons (Fsp3) is 0.833. The molecule has 2 saturated heterocycles. The van der Waals surface area contributed by atoms with Crippen LogP contribution in [0.1, 0.15) is 51.4 Å². The van der Waals surface area contributed by atoms with E-state index in [-0.39, 0.29) is 18.1 Å². The lowest BCUT2D eigenvalue weighted by Crippen LogP contribution is -2.36. The Bertz CT molecular complexity index is 622. The standard InChI is InChI=1S/C24H44N4O5S/c1-26-17-19(25)7-4-5-11-31-13-15-33-16-14-32-12-6-9-20(29)8-2-3-10-22-23-21(18-34-22)27-24(30)28-23/h7,21-23,26H,2-6,8-18,25H2,1H3,(H2,27,28,30)/b19-7-/t21-,22+,23-/m1/s1. The van der Waals surface area contributed by atoms with Crippen LogP contribution in [-0.4, -0.2) is 88.1 Å². The molecule has 0 aromatic carbocycles. The lowest BCUT2D eigenvalue weighted by molar-refractivity contribution is -0.119. The van der Waals surface area contributed by atoms with Crippen molar-refractivity contribution < 1.29 is 23.8 Å². The molecule has 2 rings (SSSR count). The van der Waals surface area contributed by atoms with Crippen LogP contribution < -0.4 is 21.7 Å². The molecule has 0 aliphatic carbocycles. The smallest absolute Gasteiger partial charge is 0.315 e. The van der Waals surface area contributed by atoms with Crippen molar-refractivity contribution in [2.75, 3.05) is 59.0 Å². The Morgan fingerprint density at radius 1 is 1.03 bits per heavy atom. The summed E-state index contributed by atoms with van der Waals surface area (Å²) in [5, 5.41) is 9.46. The van der Waals surface area contributed by atoms with E-state index in [1.54, 1.807) is 0 Å². The summed E-state index contributed by atoms with van der Waals surface area (Å²) in [7, 11) is 1.88. The predicted octanol–water partition coefficient (Wildman–Crippen LogP) is 1.95. The number of carbonyl (C=O) groups excluding carboxylic acids is 2. The molecular formula is C24H44N4O5S. The van der Waals surface area contributed by atoms with Crippen LogP contribution >= 0.6 is 11.8 Å². The largest absolute Gasteiger partial charge is 0.401 e. The first-order valence-electron chi connectivity index (χ1n) is 12.6. The van der Waals surface area contributed by atoms with Gasteiger partial charge in [0, 0.05) is 49.3 Å². The van der Waals surface area contributed by atoms with E-state index in [9.17, 15) is 9.59 Å². The number of allylic oxidation sites excluding steroid dienone is 1. The maximum Gasteiger partial charge on any atom is 0.315 e. The SMILES string of the molecule is CNC/C(N)=C/CCCOCCOCCOCCCC(=O)CCCC[C@@H]1SC[C@H]2NC(=O)N[C@@H]12. The summed E-state index contributed by atoms with van der Waals surface area (Å²) < 4.78 is 16.6. The van der Waals surface area contributed by atoms with Crippen molar-refractivity contribution in [2.45, 2.75) is 68.7 Å². The van der Waals surface area contributed by atoms with Gasteiger partial charge in [0.1, 0.15) is 5.78 Å². The number of ketones is 1. The first kappa shape index (κ1) is 28.9. The van der Waals surface area contributed by atoms with Gasteiger partial charge in [-0.05, 0) is 39.2 Å². The van der Waals surface area contributed by atoms with Gasteiger partial charge in [-0.25, -0.2) is 4.79 Å². The van der Waals surface area contributed by atoms with Crippen molar-refractivity contribution in [1.82, 2.24) is 16.0 Å². The van der Waals surface area contributed by atoms with Crippen LogP contribution in [0, 0.1) is 0 Å². The molecule has 2 amide bonds. The van der Waals surface area contributed by atoms with Gasteiger partial charge in [-0.2, -0.15) is 11.8 Å². The van der Waals surface area contributed by atoms with Gasteiger partial charge in [0.25, 0.3) is 0 Å². The Morgan fingerprint density at radius 2 is 1.71 bits per heavy atom. The predicted molar refractivity (Wildman–Crippen MR) is 136 cm³/mol. The molecule has 2 heterocycles. The van der Waals surface area contributed by atoms with Crippen LogP contribution in [0.15, 0.2) is 11.8 Å². The third-order valence-corrected chi connectivity index (χ3v) is 7.41. The van der Waals surface area contributed by atoms with Gasteiger partial charge in [0.2, 0.25) is 0 Å². The number of fused-ring (bicyclic) bond motifs is 1. The highest BCUT2D eigenvalue weighted by atomic mass is 32.2. The van der Waals surface area contributed by atoms with Gasteiger partial charge in [-0.3, -0.25) is 4.79 Å². The summed E-state index contributed by atoms with van der Waals surface area (Å²) in [5.74, 6) is 1.29. The number of nitrogens with two attached hydrogens (primary N) is 1. The van der Waals surface area contributed by atoms with Crippen molar-refractivity contribution in [1.29, 1.82) is 0 Å². The van der Waals surface area contributed by atoms with Crippen molar-refractivity contribution in [2.24, 2.45) is 5.73 Å². The second kappa shape index (κ2) is 18.0. The van der Waals surface area contributed by atoms with Crippen LogP contribution in [-0.2, 0) is 19.0 Å². The number of likely N-dealkylation sites (N-methyl/N-ethyl adjacent to an activating group) is 1. The number of thioether (sulfide) groups is 1. The third-order valence-electron chi connectivity index (χ3n) is 5.90. The molecule has 9 nitrogen and oxygen atoms in total. The maximum absolute atomic E-state index is 12.1. The molecular weight excluding hydrogens is 456 g/mol. The summed E-state index contributed by atoms with van der Waals surface area (Å²) in [6.45, 7) is 4.22. The molecule has 10 heteroatoms. The molecule has 34 heavy (non-hydrogen) atoms. The molecule has 0 spiro atoms. The average molecular weight is 501 g/mol. The molecule has 0 saturated carbocycles. The van der Waals surface area contributed by atoms with Gasteiger partial charge in [0.15, 0.2) is 0 Å². The number of carbonyl (C=O) groups is 2. The quantitative estimate of drug-likeness (QED) is 0.139. The zero-order valence-corrected chi connectivity index (χ0v) is 21.5. The minimum Gasteiger partial charge on any atom is -0.401 e. The second-order valence-electron chi connectivity index (χ2n) is 8.80. The number of Topliss-reactive ketones (excluding diaryl/α,β-unsaturated/α-hetero) is 1. The van der Waals surface area contributed by atoms with E-state index in [1.807, 2.05) is 24.9 Å². The van der Waals surface area contributed by atoms with Crippen molar-refractivity contribution >= 4 is 23.6 Å². The molecule has 2 fully saturated rings. The molecule has 196 valence electrons. The summed E-state index contributed by atoms with van der Waals surface area (Å²) in [6, 6.07) is 0.484. The monoisotopic (exact) mass is 500 g/mol. The number of hydrogen-bond donors (Lipinski definition) is 4. The zero-order valence-electron chi connectivity index (χ0n) is 20.6. The number of urea groups is 1. The molecule has 0 aromatic heterocycles. The Balaban J connectivity index is 1.29.